The van der Waals surface area contributed by atoms with E-state index in [-0.39, 0.29) is 0 Å². The molecule has 3 nitrogen and oxygen atoms in total. The first-order valence-electron chi connectivity index (χ1n) is 3.04. The van der Waals surface area contributed by atoms with Crippen LogP contribution >= 0.6 is 0 Å². The molecule has 1 saturated heterocycles. The van der Waals surface area contributed by atoms with Gasteiger partial charge >= 0.3 is 0 Å². The lowest BCUT2D eigenvalue weighted by Crippen LogP contribution is -2.36. The summed E-state index contributed by atoms with van der Waals surface area (Å²) in [5.74, 6) is 0. The molecule has 0 amide bonds. The maximum Gasteiger partial charge on any atom is 0.183 e. The number of aliphatic hydroxyl groups excluding tert-OH is 1. The standard InChI is InChI=1S/C6H12O3/c1-6(8-2)3-4-9-5(6)7/h5,7H,3-4H2,1-2H3. The van der Waals surface area contributed by atoms with Gasteiger partial charge in [-0.3, -0.25) is 0 Å². The molecule has 0 aromatic carbocycles. The Kier molecular flexibility index (Phi) is 1.75. The molecule has 54 valence electrons. The first-order chi connectivity index (χ1) is 4.19. The molecule has 1 fully saturated rings. The van der Waals surface area contributed by atoms with Crippen LogP contribution in [0, 0.1) is 0 Å². The van der Waals surface area contributed by atoms with Gasteiger partial charge in [-0.05, 0) is 6.92 Å². The Hall–Kier alpha value is -0.120. The number of hydrogen-bond acceptors (Lipinski definition) is 3. The highest BCUT2D eigenvalue weighted by Crippen LogP contribution is 2.26. The second-order valence-electron chi connectivity index (χ2n) is 2.49. The van der Waals surface area contributed by atoms with Gasteiger partial charge in [0.05, 0.1) is 6.61 Å². The number of aliphatic hydroxyl groups is 1. The molecule has 1 heterocycles. The Morgan fingerprint density at radius 1 is 1.78 bits per heavy atom. The SMILES string of the molecule is COC1(C)CCOC1O. The predicted octanol–water partition coefficient (Wildman–Crippen LogP) is 0.130. The largest absolute Gasteiger partial charge is 0.373 e. The molecule has 1 aliphatic rings. The number of hydrogen-bond donors (Lipinski definition) is 1. The van der Waals surface area contributed by atoms with Crippen LogP contribution in [0.4, 0.5) is 0 Å². The third-order valence-corrected chi connectivity index (χ3v) is 1.86. The van der Waals surface area contributed by atoms with E-state index in [1.165, 1.54) is 0 Å². The Bertz CT molecular complexity index is 104. The van der Waals surface area contributed by atoms with Gasteiger partial charge in [0.2, 0.25) is 0 Å². The number of rotatable bonds is 1. The Morgan fingerprint density at radius 3 is 2.67 bits per heavy atom. The van der Waals surface area contributed by atoms with Crippen LogP contribution in [-0.2, 0) is 9.47 Å². The fourth-order valence-corrected chi connectivity index (χ4v) is 0.876. The zero-order valence-electron chi connectivity index (χ0n) is 5.76. The molecule has 1 N–H and O–H groups in total. The monoisotopic (exact) mass is 132 g/mol. The summed E-state index contributed by atoms with van der Waals surface area (Å²) in [5, 5.41) is 9.10. The summed E-state index contributed by atoms with van der Waals surface area (Å²) in [7, 11) is 1.58. The Balaban J connectivity index is 2.56. The summed E-state index contributed by atoms with van der Waals surface area (Å²) >= 11 is 0. The van der Waals surface area contributed by atoms with Crippen LogP contribution in [0.15, 0.2) is 0 Å². The number of methoxy groups -OCH3 is 1. The van der Waals surface area contributed by atoms with E-state index in [4.69, 9.17) is 14.6 Å². The predicted molar refractivity (Wildman–Crippen MR) is 32.0 cm³/mol. The quantitative estimate of drug-likeness (QED) is 0.551. The van der Waals surface area contributed by atoms with Gasteiger partial charge in [0.25, 0.3) is 0 Å². The molecule has 1 aliphatic heterocycles. The van der Waals surface area contributed by atoms with E-state index in [1.807, 2.05) is 6.92 Å². The molecule has 3 heteroatoms. The average molecular weight is 132 g/mol. The smallest absolute Gasteiger partial charge is 0.183 e. The van der Waals surface area contributed by atoms with Gasteiger partial charge in [-0.25, -0.2) is 0 Å². The molecule has 9 heavy (non-hydrogen) atoms. The maximum absolute atomic E-state index is 9.10. The van der Waals surface area contributed by atoms with Gasteiger partial charge in [-0.15, -0.1) is 0 Å². The highest BCUT2D eigenvalue weighted by atomic mass is 16.6. The van der Waals surface area contributed by atoms with Crippen LogP contribution in [0.1, 0.15) is 13.3 Å². The van der Waals surface area contributed by atoms with Crippen molar-refractivity contribution >= 4 is 0 Å². The molecule has 0 aliphatic carbocycles. The minimum Gasteiger partial charge on any atom is -0.373 e. The molecule has 1 rings (SSSR count). The molecular formula is C6H12O3. The van der Waals surface area contributed by atoms with Crippen molar-refractivity contribution in [3.63, 3.8) is 0 Å². The van der Waals surface area contributed by atoms with Crippen molar-refractivity contribution in [2.45, 2.75) is 25.2 Å². The van der Waals surface area contributed by atoms with Crippen molar-refractivity contribution in [1.29, 1.82) is 0 Å². The summed E-state index contributed by atoms with van der Waals surface area (Å²) in [6.45, 7) is 2.43. The lowest BCUT2D eigenvalue weighted by atomic mass is 10.1. The Labute approximate surface area is 54.6 Å². The Morgan fingerprint density at radius 2 is 2.44 bits per heavy atom. The lowest BCUT2D eigenvalue weighted by Gasteiger charge is -2.23. The first-order valence-corrected chi connectivity index (χ1v) is 3.04. The summed E-state index contributed by atoms with van der Waals surface area (Å²) in [6.07, 6.45) is 0.0208. The first kappa shape index (κ1) is 6.99. The third-order valence-electron chi connectivity index (χ3n) is 1.86. The normalized spacial score (nSPS) is 43.7. The molecule has 0 bridgehead atoms. The van der Waals surface area contributed by atoms with Gasteiger partial charge < -0.3 is 14.6 Å². The highest BCUT2D eigenvalue weighted by molar-refractivity contribution is 4.82. The van der Waals surface area contributed by atoms with Crippen molar-refractivity contribution in [1.82, 2.24) is 0 Å². The fourth-order valence-electron chi connectivity index (χ4n) is 0.876. The summed E-state index contributed by atoms with van der Waals surface area (Å²) in [6, 6.07) is 0. The van der Waals surface area contributed by atoms with Crippen LogP contribution in [0.5, 0.6) is 0 Å². The van der Waals surface area contributed by atoms with Crippen LogP contribution in [0.3, 0.4) is 0 Å². The van der Waals surface area contributed by atoms with Crippen molar-refractivity contribution < 1.29 is 14.6 Å². The van der Waals surface area contributed by atoms with E-state index in [0.29, 0.717) is 6.61 Å². The topological polar surface area (TPSA) is 38.7 Å². The zero-order chi connectivity index (χ0) is 6.91. The highest BCUT2D eigenvalue weighted by Gasteiger charge is 2.38. The summed E-state index contributed by atoms with van der Waals surface area (Å²) < 4.78 is 9.93. The molecule has 0 aromatic rings. The second kappa shape index (κ2) is 2.25. The molecule has 2 atom stereocenters. The van der Waals surface area contributed by atoms with Gasteiger partial charge in [0.15, 0.2) is 6.29 Å². The number of ether oxygens (including phenoxy) is 2. The minimum absolute atomic E-state index is 0.472. The van der Waals surface area contributed by atoms with Gasteiger partial charge in [0.1, 0.15) is 5.60 Å². The average Bonchev–Trinajstić information content (AvgIpc) is 2.15. The minimum atomic E-state index is -0.748. The molecule has 0 saturated carbocycles. The van der Waals surface area contributed by atoms with E-state index in [2.05, 4.69) is 0 Å². The van der Waals surface area contributed by atoms with Gasteiger partial charge in [-0.2, -0.15) is 0 Å². The zero-order valence-corrected chi connectivity index (χ0v) is 5.76. The van der Waals surface area contributed by atoms with E-state index in [0.717, 1.165) is 6.42 Å². The van der Waals surface area contributed by atoms with Crippen molar-refractivity contribution in [3.05, 3.63) is 0 Å². The van der Waals surface area contributed by atoms with E-state index in [1.54, 1.807) is 7.11 Å². The lowest BCUT2D eigenvalue weighted by molar-refractivity contribution is -0.163. The van der Waals surface area contributed by atoms with Gasteiger partial charge in [-0.1, -0.05) is 0 Å². The van der Waals surface area contributed by atoms with E-state index in [9.17, 15) is 0 Å². The van der Waals surface area contributed by atoms with Crippen molar-refractivity contribution in [2.75, 3.05) is 13.7 Å². The van der Waals surface area contributed by atoms with Crippen molar-refractivity contribution in [2.24, 2.45) is 0 Å². The van der Waals surface area contributed by atoms with E-state index < -0.39 is 11.9 Å². The fraction of sp³-hybridized carbons (Fsp3) is 1.00. The van der Waals surface area contributed by atoms with Crippen LogP contribution in [0.2, 0.25) is 0 Å². The maximum atomic E-state index is 9.10. The third kappa shape index (κ3) is 1.08. The van der Waals surface area contributed by atoms with Crippen LogP contribution < -0.4 is 0 Å². The molecule has 0 spiro atoms. The van der Waals surface area contributed by atoms with Crippen LogP contribution in [-0.4, -0.2) is 30.7 Å². The summed E-state index contributed by atoms with van der Waals surface area (Å²) in [5.41, 5.74) is -0.472. The molecular weight excluding hydrogens is 120 g/mol. The van der Waals surface area contributed by atoms with Crippen LogP contribution in [0.25, 0.3) is 0 Å². The van der Waals surface area contributed by atoms with Gasteiger partial charge in [0, 0.05) is 13.5 Å². The molecule has 2 unspecified atom stereocenters. The van der Waals surface area contributed by atoms with E-state index >= 15 is 0 Å². The van der Waals surface area contributed by atoms with Crippen molar-refractivity contribution in [3.8, 4) is 0 Å². The summed E-state index contributed by atoms with van der Waals surface area (Å²) in [4.78, 5) is 0. The molecule has 0 radical (unpaired) electrons. The second-order valence-corrected chi connectivity index (χ2v) is 2.49. The molecule has 0 aromatic heterocycles.